The summed E-state index contributed by atoms with van der Waals surface area (Å²) in [4.78, 5) is 9.34. The molecule has 1 aliphatic heterocycles. The van der Waals surface area contributed by atoms with Crippen LogP contribution in [0.25, 0.3) is 28.5 Å². The summed E-state index contributed by atoms with van der Waals surface area (Å²) in [6, 6.07) is 6.11. The van der Waals surface area contributed by atoms with Crippen LogP contribution in [-0.4, -0.2) is 36.6 Å². The molecule has 0 unspecified atom stereocenters. The zero-order valence-electron chi connectivity index (χ0n) is 17.3. The molecule has 2 aliphatic carbocycles. The molecule has 8 heteroatoms. The van der Waals surface area contributed by atoms with Crippen LogP contribution in [0.15, 0.2) is 35.2 Å². The second-order valence-electron chi connectivity index (χ2n) is 8.87. The van der Waals surface area contributed by atoms with Crippen molar-refractivity contribution >= 4 is 0 Å². The van der Waals surface area contributed by atoms with Crippen molar-refractivity contribution in [2.75, 3.05) is 7.11 Å². The number of imidazole rings is 1. The summed E-state index contributed by atoms with van der Waals surface area (Å²) >= 11 is 0. The van der Waals surface area contributed by atoms with Crippen LogP contribution in [0.2, 0.25) is 0 Å². The maximum Gasteiger partial charge on any atom is 0.278 e. The Bertz CT molecular complexity index is 1310. The molecule has 0 spiro atoms. The molecule has 0 radical (unpaired) electrons. The van der Waals surface area contributed by atoms with Gasteiger partial charge in [0.05, 0.1) is 24.2 Å². The molecule has 2 saturated carbocycles. The van der Waals surface area contributed by atoms with Crippen molar-refractivity contribution in [3.63, 3.8) is 0 Å². The zero-order valence-corrected chi connectivity index (χ0v) is 17.3. The molecule has 0 N–H and O–H groups in total. The van der Waals surface area contributed by atoms with Crippen LogP contribution in [0, 0.1) is 5.92 Å². The molecule has 0 bridgehead atoms. The minimum atomic E-state index is 0.444. The third kappa shape index (κ3) is 2.81. The molecule has 1 aromatic carbocycles. The number of fused-ring (bicyclic) bond motifs is 5. The number of hydrogen-bond donors (Lipinski definition) is 0. The fourth-order valence-corrected chi connectivity index (χ4v) is 4.47. The van der Waals surface area contributed by atoms with Gasteiger partial charge >= 0.3 is 0 Å². The van der Waals surface area contributed by atoms with Crippen molar-refractivity contribution in [3.05, 3.63) is 47.8 Å². The van der Waals surface area contributed by atoms with Crippen LogP contribution in [0.4, 0.5) is 0 Å². The number of methoxy groups -OCH3 is 1. The Kier molecular flexibility index (Phi) is 3.51. The van der Waals surface area contributed by atoms with Gasteiger partial charge in [0.1, 0.15) is 12.1 Å². The quantitative estimate of drug-likeness (QED) is 0.432. The summed E-state index contributed by atoms with van der Waals surface area (Å²) in [6.45, 7) is 0.979. The van der Waals surface area contributed by atoms with Gasteiger partial charge in [0, 0.05) is 36.2 Å². The van der Waals surface area contributed by atoms with E-state index in [2.05, 4.69) is 37.7 Å². The smallest absolute Gasteiger partial charge is 0.278 e. The molecule has 4 heterocycles. The molecule has 8 nitrogen and oxygen atoms in total. The Morgan fingerprint density at radius 1 is 1.16 bits per heavy atom. The van der Waals surface area contributed by atoms with Crippen LogP contribution in [0.1, 0.15) is 48.7 Å². The zero-order chi connectivity index (χ0) is 20.5. The normalized spacial score (nSPS) is 17.1. The Balaban J connectivity index is 1.39. The van der Waals surface area contributed by atoms with Crippen molar-refractivity contribution in [1.82, 2.24) is 29.5 Å². The fraction of sp³-hybridized carbons (Fsp3) is 0.391. The van der Waals surface area contributed by atoms with E-state index in [1.807, 2.05) is 12.4 Å². The summed E-state index contributed by atoms with van der Waals surface area (Å²) in [5, 5.41) is 9.18. The second-order valence-corrected chi connectivity index (χ2v) is 8.87. The molecule has 4 aromatic rings. The summed E-state index contributed by atoms with van der Waals surface area (Å²) in [5.41, 5.74) is 6.07. The van der Waals surface area contributed by atoms with Gasteiger partial charge in [0.25, 0.3) is 5.89 Å². The van der Waals surface area contributed by atoms with Crippen molar-refractivity contribution in [2.24, 2.45) is 5.92 Å². The predicted molar refractivity (Wildman–Crippen MR) is 112 cm³/mol. The first-order chi connectivity index (χ1) is 15.3. The maximum atomic E-state index is 5.62. The van der Waals surface area contributed by atoms with E-state index >= 15 is 0 Å². The van der Waals surface area contributed by atoms with Crippen LogP contribution < -0.4 is 4.74 Å². The summed E-state index contributed by atoms with van der Waals surface area (Å²) in [5.74, 6) is 3.32. The van der Waals surface area contributed by atoms with Gasteiger partial charge < -0.3 is 13.8 Å². The molecule has 7 rings (SSSR count). The van der Waals surface area contributed by atoms with Crippen molar-refractivity contribution in [2.45, 2.75) is 44.6 Å². The van der Waals surface area contributed by atoms with Crippen molar-refractivity contribution in [3.8, 4) is 34.3 Å². The van der Waals surface area contributed by atoms with E-state index in [0.29, 0.717) is 18.2 Å². The third-order valence-electron chi connectivity index (χ3n) is 6.51. The van der Waals surface area contributed by atoms with Gasteiger partial charge in [-0.2, -0.15) is 10.1 Å². The standard InChI is InChI=1S/C23H22N6O2/c1-30-16-6-7-18-17(9-16)20-15(11-28(26-20)10-13-2-3-13)8-19-21(24-12-29(18)19)23-25-22(27-31-23)14-4-5-14/h6-7,9,11-14H,2-5,8,10H2,1H3. The first-order valence-corrected chi connectivity index (χ1v) is 10.9. The molecule has 156 valence electrons. The summed E-state index contributed by atoms with van der Waals surface area (Å²) in [7, 11) is 1.69. The van der Waals surface area contributed by atoms with Crippen LogP contribution in [0.3, 0.4) is 0 Å². The molecule has 3 aliphatic rings. The number of nitrogens with zero attached hydrogens (tertiary/aromatic N) is 6. The number of ether oxygens (including phenoxy) is 1. The third-order valence-corrected chi connectivity index (χ3v) is 6.51. The Hall–Kier alpha value is -3.42. The molecule has 0 atom stereocenters. The lowest BCUT2D eigenvalue weighted by Crippen LogP contribution is -2.03. The van der Waals surface area contributed by atoms with E-state index in [1.54, 1.807) is 7.11 Å². The maximum absolute atomic E-state index is 5.62. The lowest BCUT2D eigenvalue weighted by atomic mass is 10.0. The molecular weight excluding hydrogens is 392 g/mol. The Morgan fingerprint density at radius 3 is 2.87 bits per heavy atom. The predicted octanol–water partition coefficient (Wildman–Crippen LogP) is 3.99. The molecule has 31 heavy (non-hydrogen) atoms. The minimum absolute atomic E-state index is 0.444. The van der Waals surface area contributed by atoms with Gasteiger partial charge in [-0.05, 0) is 49.8 Å². The highest BCUT2D eigenvalue weighted by Gasteiger charge is 2.32. The first kappa shape index (κ1) is 17.3. The topological polar surface area (TPSA) is 83.8 Å². The highest BCUT2D eigenvalue weighted by molar-refractivity contribution is 5.77. The van der Waals surface area contributed by atoms with E-state index in [4.69, 9.17) is 19.3 Å². The van der Waals surface area contributed by atoms with Gasteiger partial charge in [-0.1, -0.05) is 5.16 Å². The van der Waals surface area contributed by atoms with Gasteiger partial charge in [-0.3, -0.25) is 4.68 Å². The second kappa shape index (κ2) is 6.29. The minimum Gasteiger partial charge on any atom is -0.497 e. The first-order valence-electron chi connectivity index (χ1n) is 10.9. The summed E-state index contributed by atoms with van der Waals surface area (Å²) < 4.78 is 15.4. The molecular formula is C23H22N6O2. The molecule has 0 saturated heterocycles. The van der Waals surface area contributed by atoms with Crippen LogP contribution >= 0.6 is 0 Å². The number of hydrogen-bond acceptors (Lipinski definition) is 6. The van der Waals surface area contributed by atoms with E-state index in [1.165, 1.54) is 18.4 Å². The van der Waals surface area contributed by atoms with E-state index in [9.17, 15) is 0 Å². The number of benzene rings is 1. The Morgan fingerprint density at radius 2 is 2.06 bits per heavy atom. The monoisotopic (exact) mass is 414 g/mol. The van der Waals surface area contributed by atoms with E-state index in [-0.39, 0.29) is 0 Å². The lowest BCUT2D eigenvalue weighted by molar-refractivity contribution is 0.415. The highest BCUT2D eigenvalue weighted by Crippen LogP contribution is 2.41. The average Bonchev–Trinajstić information content (AvgIpc) is 3.68. The average molecular weight is 414 g/mol. The van der Waals surface area contributed by atoms with Crippen molar-refractivity contribution in [1.29, 1.82) is 0 Å². The van der Waals surface area contributed by atoms with Crippen molar-refractivity contribution < 1.29 is 9.26 Å². The van der Waals surface area contributed by atoms with Crippen LogP contribution in [0.5, 0.6) is 5.75 Å². The number of rotatable bonds is 5. The fourth-order valence-electron chi connectivity index (χ4n) is 4.47. The van der Waals surface area contributed by atoms with Gasteiger partial charge in [-0.25, -0.2) is 4.98 Å². The SMILES string of the molecule is COc1ccc2c(c1)-c1nn(CC3CC3)cc1Cc1c(-c3nc(C4CC4)no3)ncn1-2. The van der Waals surface area contributed by atoms with Gasteiger partial charge in [0.15, 0.2) is 11.5 Å². The largest absolute Gasteiger partial charge is 0.497 e. The van der Waals surface area contributed by atoms with E-state index < -0.39 is 0 Å². The number of aromatic nitrogens is 6. The van der Waals surface area contributed by atoms with Gasteiger partial charge in [-0.15, -0.1) is 0 Å². The molecule has 3 aromatic heterocycles. The van der Waals surface area contributed by atoms with Gasteiger partial charge in [0.2, 0.25) is 0 Å². The lowest BCUT2D eigenvalue weighted by Gasteiger charge is -2.11. The summed E-state index contributed by atoms with van der Waals surface area (Å²) in [6.07, 6.45) is 9.61. The van der Waals surface area contributed by atoms with E-state index in [0.717, 1.165) is 65.2 Å². The van der Waals surface area contributed by atoms with Crippen LogP contribution in [-0.2, 0) is 13.0 Å². The molecule has 0 amide bonds. The Labute approximate surface area is 178 Å². The molecule has 2 fully saturated rings. The highest BCUT2D eigenvalue weighted by atomic mass is 16.5.